The number of aliphatic carboxylic acids is 1. The average molecular weight is 307 g/mol. The molecule has 0 radical (unpaired) electrons. The predicted molar refractivity (Wildman–Crippen MR) is 80.8 cm³/mol. The fourth-order valence-corrected chi connectivity index (χ4v) is 3.01. The predicted octanol–water partition coefficient (Wildman–Crippen LogP) is 2.76. The summed E-state index contributed by atoms with van der Waals surface area (Å²) in [6.45, 7) is 1.85. The average Bonchev–Trinajstić information content (AvgIpc) is 2.49. The smallest absolute Gasteiger partial charge is 0.306 e. The summed E-state index contributed by atoms with van der Waals surface area (Å²) >= 11 is 0. The molecule has 0 heterocycles. The summed E-state index contributed by atoms with van der Waals surface area (Å²) in [7, 11) is 0. The van der Waals surface area contributed by atoms with Gasteiger partial charge in [0.25, 0.3) is 0 Å². The maximum Gasteiger partial charge on any atom is 0.306 e. The maximum absolute atomic E-state index is 13.6. The van der Waals surface area contributed by atoms with Crippen molar-refractivity contribution in [2.75, 3.05) is 0 Å². The van der Waals surface area contributed by atoms with Crippen LogP contribution in [0.2, 0.25) is 0 Å². The van der Waals surface area contributed by atoms with Gasteiger partial charge in [0, 0.05) is 12.0 Å². The quantitative estimate of drug-likeness (QED) is 0.879. The normalized spacial score (nSPS) is 22.8. The minimum absolute atomic E-state index is 0.0484. The topological polar surface area (TPSA) is 66.4 Å². The number of hydrogen-bond acceptors (Lipinski definition) is 2. The molecule has 22 heavy (non-hydrogen) atoms. The van der Waals surface area contributed by atoms with Gasteiger partial charge in [0.1, 0.15) is 5.82 Å². The zero-order chi connectivity index (χ0) is 16.1. The van der Waals surface area contributed by atoms with Gasteiger partial charge in [-0.3, -0.25) is 9.59 Å². The lowest BCUT2D eigenvalue weighted by Gasteiger charge is -2.26. The lowest BCUT2D eigenvalue weighted by atomic mass is 9.81. The summed E-state index contributed by atoms with van der Waals surface area (Å²) < 4.78 is 13.6. The summed E-state index contributed by atoms with van der Waals surface area (Å²) in [6, 6.07) is 6.40. The molecule has 120 valence electrons. The number of benzene rings is 1. The van der Waals surface area contributed by atoms with Crippen molar-refractivity contribution in [2.24, 2.45) is 11.8 Å². The second kappa shape index (κ2) is 7.38. The van der Waals surface area contributed by atoms with E-state index in [0.29, 0.717) is 37.7 Å². The van der Waals surface area contributed by atoms with Crippen LogP contribution in [0.4, 0.5) is 4.39 Å². The number of nitrogens with one attached hydrogen (secondary N) is 1. The Morgan fingerprint density at radius 3 is 2.41 bits per heavy atom. The van der Waals surface area contributed by atoms with Crippen molar-refractivity contribution in [3.63, 3.8) is 0 Å². The van der Waals surface area contributed by atoms with Gasteiger partial charge in [-0.15, -0.1) is 0 Å². The third-order valence-electron chi connectivity index (χ3n) is 4.32. The molecule has 0 aromatic heterocycles. The van der Waals surface area contributed by atoms with Crippen molar-refractivity contribution in [3.8, 4) is 0 Å². The van der Waals surface area contributed by atoms with Gasteiger partial charge in [0.2, 0.25) is 5.91 Å². The highest BCUT2D eigenvalue weighted by atomic mass is 19.1. The Morgan fingerprint density at radius 1 is 1.23 bits per heavy atom. The van der Waals surface area contributed by atoms with Crippen molar-refractivity contribution in [3.05, 3.63) is 35.6 Å². The molecule has 1 aromatic carbocycles. The molecule has 0 spiro atoms. The summed E-state index contributed by atoms with van der Waals surface area (Å²) in [5.41, 5.74) is 0.588. The molecule has 1 saturated carbocycles. The van der Waals surface area contributed by atoms with Crippen molar-refractivity contribution < 1.29 is 19.1 Å². The van der Waals surface area contributed by atoms with E-state index < -0.39 is 5.97 Å². The van der Waals surface area contributed by atoms with E-state index in [1.807, 2.05) is 6.92 Å². The van der Waals surface area contributed by atoms with Crippen LogP contribution >= 0.6 is 0 Å². The number of halogens is 1. The second-order valence-corrected chi connectivity index (χ2v) is 6.09. The van der Waals surface area contributed by atoms with Gasteiger partial charge >= 0.3 is 5.97 Å². The highest BCUT2D eigenvalue weighted by molar-refractivity contribution is 5.79. The molecule has 1 unspecified atom stereocenters. The molecule has 0 saturated heterocycles. The third-order valence-corrected chi connectivity index (χ3v) is 4.32. The van der Waals surface area contributed by atoms with Crippen LogP contribution in [-0.4, -0.2) is 23.0 Å². The lowest BCUT2D eigenvalue weighted by molar-refractivity contribution is -0.144. The summed E-state index contributed by atoms with van der Waals surface area (Å²) in [4.78, 5) is 23.1. The fourth-order valence-electron chi connectivity index (χ4n) is 3.01. The van der Waals surface area contributed by atoms with E-state index in [0.717, 1.165) is 0 Å². The molecule has 1 amide bonds. The number of carbonyl (C=O) groups excluding carboxylic acids is 1. The van der Waals surface area contributed by atoms with Crippen molar-refractivity contribution >= 4 is 11.9 Å². The highest BCUT2D eigenvalue weighted by Gasteiger charge is 2.30. The molecule has 5 heteroatoms. The number of amides is 1. The monoisotopic (exact) mass is 307 g/mol. The van der Waals surface area contributed by atoms with Crippen LogP contribution < -0.4 is 5.32 Å². The van der Waals surface area contributed by atoms with Gasteiger partial charge in [0.15, 0.2) is 0 Å². The van der Waals surface area contributed by atoms with E-state index in [4.69, 9.17) is 5.11 Å². The number of rotatable bonds is 5. The molecule has 1 aliphatic carbocycles. The van der Waals surface area contributed by atoms with E-state index in [9.17, 15) is 14.0 Å². The summed E-state index contributed by atoms with van der Waals surface area (Å²) in [5, 5.41) is 11.9. The summed E-state index contributed by atoms with van der Waals surface area (Å²) in [5.74, 6) is -1.52. The van der Waals surface area contributed by atoms with Gasteiger partial charge < -0.3 is 10.4 Å². The molecule has 2 N–H and O–H groups in total. The molecule has 1 fully saturated rings. The summed E-state index contributed by atoms with van der Waals surface area (Å²) in [6.07, 6.45) is 2.76. The van der Waals surface area contributed by atoms with Crippen molar-refractivity contribution in [1.29, 1.82) is 0 Å². The van der Waals surface area contributed by atoms with Gasteiger partial charge in [-0.25, -0.2) is 4.39 Å². The largest absolute Gasteiger partial charge is 0.481 e. The first-order valence-electron chi connectivity index (χ1n) is 7.74. The van der Waals surface area contributed by atoms with E-state index in [1.54, 1.807) is 18.2 Å². The molecule has 2 rings (SSSR count). The Labute approximate surface area is 129 Å². The minimum atomic E-state index is -0.772. The van der Waals surface area contributed by atoms with Gasteiger partial charge in [-0.2, -0.15) is 0 Å². The molecule has 1 aromatic rings. The number of hydrogen-bond donors (Lipinski definition) is 2. The third kappa shape index (κ3) is 4.29. The molecule has 0 aliphatic heterocycles. The number of carbonyl (C=O) groups is 2. The van der Waals surface area contributed by atoms with E-state index in [1.165, 1.54) is 6.07 Å². The van der Waals surface area contributed by atoms with Gasteiger partial charge in [-0.05, 0) is 50.7 Å². The van der Waals surface area contributed by atoms with Crippen LogP contribution in [0.25, 0.3) is 0 Å². The molecule has 1 atom stereocenters. The van der Waals surface area contributed by atoms with Crippen LogP contribution in [0, 0.1) is 17.7 Å². The first kappa shape index (κ1) is 16.5. The van der Waals surface area contributed by atoms with Crippen LogP contribution in [0.15, 0.2) is 24.3 Å². The van der Waals surface area contributed by atoms with Crippen molar-refractivity contribution in [2.45, 2.75) is 45.1 Å². The van der Waals surface area contributed by atoms with Gasteiger partial charge in [-0.1, -0.05) is 18.2 Å². The SMILES string of the molecule is CC(Cc1ccccc1F)NC(=O)C1CCC(C(=O)O)CC1. The van der Waals surface area contributed by atoms with Crippen molar-refractivity contribution in [1.82, 2.24) is 5.32 Å². The number of carboxylic acids is 1. The van der Waals surface area contributed by atoms with Crippen LogP contribution in [0.1, 0.15) is 38.2 Å². The maximum atomic E-state index is 13.6. The fraction of sp³-hybridized carbons (Fsp3) is 0.529. The first-order chi connectivity index (χ1) is 10.5. The van der Waals surface area contributed by atoms with Gasteiger partial charge in [0.05, 0.1) is 5.92 Å². The zero-order valence-corrected chi connectivity index (χ0v) is 12.7. The Bertz CT molecular complexity index is 538. The highest BCUT2D eigenvalue weighted by Crippen LogP contribution is 2.29. The molecule has 4 nitrogen and oxygen atoms in total. The van der Waals surface area contributed by atoms with E-state index in [2.05, 4.69) is 5.32 Å². The molecule has 0 bridgehead atoms. The Hall–Kier alpha value is -1.91. The number of carboxylic acid groups (broad SMARTS) is 1. The minimum Gasteiger partial charge on any atom is -0.481 e. The molecular weight excluding hydrogens is 285 g/mol. The second-order valence-electron chi connectivity index (χ2n) is 6.09. The van der Waals surface area contributed by atoms with Crippen LogP contribution in [0.3, 0.4) is 0 Å². The van der Waals surface area contributed by atoms with E-state index >= 15 is 0 Å². The Morgan fingerprint density at radius 2 is 1.82 bits per heavy atom. The Kier molecular flexibility index (Phi) is 5.52. The molecular formula is C17H22FNO3. The molecule has 1 aliphatic rings. The lowest BCUT2D eigenvalue weighted by Crippen LogP contribution is -2.40. The zero-order valence-electron chi connectivity index (χ0n) is 12.7. The van der Waals surface area contributed by atoms with Crippen LogP contribution in [-0.2, 0) is 16.0 Å². The standard InChI is InChI=1S/C17H22FNO3/c1-11(10-14-4-2-3-5-15(14)18)19-16(20)12-6-8-13(9-7-12)17(21)22/h2-5,11-13H,6-10H2,1H3,(H,19,20)(H,21,22). The van der Waals surface area contributed by atoms with Crippen LogP contribution in [0.5, 0.6) is 0 Å². The Balaban J connectivity index is 1.82. The first-order valence-corrected chi connectivity index (χ1v) is 7.74. The van der Waals surface area contributed by atoms with E-state index in [-0.39, 0.29) is 29.6 Å².